The van der Waals surface area contributed by atoms with Gasteiger partial charge in [-0.05, 0) is 80.4 Å². The van der Waals surface area contributed by atoms with Crippen molar-refractivity contribution in [3.05, 3.63) is 96.6 Å². The fraction of sp³-hybridized carbons (Fsp3) is 0.286. The van der Waals surface area contributed by atoms with Gasteiger partial charge in [0.15, 0.2) is 0 Å². The summed E-state index contributed by atoms with van der Waals surface area (Å²) in [6.45, 7) is 6.63. The fourth-order valence-corrected chi connectivity index (χ4v) is 6.02. The average Bonchev–Trinajstić information content (AvgIpc) is 3.03. The van der Waals surface area contributed by atoms with E-state index in [2.05, 4.69) is 10.0 Å². The molecule has 0 unspecified atom stereocenters. The van der Waals surface area contributed by atoms with E-state index in [0.29, 0.717) is 36.6 Å². The number of carbonyl (C=O) groups excluding carboxylic acids is 1. The number of nitrogens with one attached hydrogen (secondary N) is 2. The lowest BCUT2D eigenvalue weighted by molar-refractivity contribution is 0.0529. The highest BCUT2D eigenvalue weighted by atomic mass is 32.2. The quantitative estimate of drug-likeness (QED) is 0.165. The van der Waals surface area contributed by atoms with Crippen LogP contribution in [0.5, 0.6) is 17.2 Å². The van der Waals surface area contributed by atoms with Gasteiger partial charge < -0.3 is 29.2 Å². The second-order valence-corrected chi connectivity index (χ2v) is 13.1. The van der Waals surface area contributed by atoms with Crippen LogP contribution >= 0.6 is 0 Å². The third kappa shape index (κ3) is 9.07. The lowest BCUT2D eigenvalue weighted by Gasteiger charge is -2.26. The lowest BCUT2D eigenvalue weighted by atomic mass is 10.0. The van der Waals surface area contributed by atoms with Crippen molar-refractivity contribution in [3.8, 4) is 28.4 Å². The zero-order chi connectivity index (χ0) is 33.3. The van der Waals surface area contributed by atoms with Gasteiger partial charge in [-0.3, -0.25) is 4.72 Å². The third-order valence-electron chi connectivity index (χ3n) is 6.92. The number of anilines is 2. The van der Waals surface area contributed by atoms with Gasteiger partial charge in [-0.2, -0.15) is 0 Å². The molecule has 0 radical (unpaired) electrons. The average molecular weight is 648 g/mol. The molecule has 244 valence electrons. The fourth-order valence-electron chi connectivity index (χ4n) is 4.77. The molecule has 4 aromatic rings. The first-order chi connectivity index (χ1) is 21.9. The summed E-state index contributed by atoms with van der Waals surface area (Å²) in [5, 5.41) is 2.80. The molecular weight excluding hydrogens is 606 g/mol. The van der Waals surface area contributed by atoms with Gasteiger partial charge in [-0.15, -0.1) is 0 Å². The monoisotopic (exact) mass is 647 g/mol. The molecule has 0 fully saturated rings. The first-order valence-corrected chi connectivity index (χ1v) is 16.2. The van der Waals surface area contributed by atoms with Crippen molar-refractivity contribution < 1.29 is 32.2 Å². The first kappa shape index (κ1) is 34.0. The minimum absolute atomic E-state index is 0.0135. The van der Waals surface area contributed by atoms with E-state index in [1.807, 2.05) is 59.5 Å². The second kappa shape index (κ2) is 14.9. The van der Waals surface area contributed by atoms with Crippen LogP contribution in [0.25, 0.3) is 11.1 Å². The molecule has 4 aromatic carbocycles. The summed E-state index contributed by atoms with van der Waals surface area (Å²) in [4.78, 5) is 14.3. The summed E-state index contributed by atoms with van der Waals surface area (Å²) in [5.74, 6) is 1.56. The maximum absolute atomic E-state index is 13.8. The molecule has 0 aliphatic heterocycles. The van der Waals surface area contributed by atoms with Crippen molar-refractivity contribution in [2.75, 3.05) is 44.0 Å². The van der Waals surface area contributed by atoms with Crippen LogP contribution in [0.15, 0.2) is 95.9 Å². The molecule has 0 heterocycles. The number of amides is 1. The van der Waals surface area contributed by atoms with Crippen molar-refractivity contribution in [1.29, 1.82) is 0 Å². The highest BCUT2D eigenvalue weighted by Crippen LogP contribution is 2.35. The number of hydrogen-bond donors (Lipinski definition) is 2. The number of rotatable bonds is 13. The molecule has 0 aliphatic rings. The summed E-state index contributed by atoms with van der Waals surface area (Å²) < 4.78 is 51.9. The molecule has 0 bridgehead atoms. The third-order valence-corrected chi connectivity index (χ3v) is 8.32. The smallest absolute Gasteiger partial charge is 0.407 e. The van der Waals surface area contributed by atoms with E-state index in [-0.39, 0.29) is 10.6 Å². The number of benzene rings is 4. The first-order valence-electron chi connectivity index (χ1n) is 14.7. The Morgan fingerprint density at radius 1 is 0.804 bits per heavy atom. The largest absolute Gasteiger partial charge is 0.497 e. The van der Waals surface area contributed by atoms with Crippen molar-refractivity contribution in [1.82, 2.24) is 5.32 Å². The van der Waals surface area contributed by atoms with Crippen LogP contribution in [0, 0.1) is 0 Å². The van der Waals surface area contributed by atoms with E-state index in [0.717, 1.165) is 22.6 Å². The highest BCUT2D eigenvalue weighted by Gasteiger charge is 2.22. The van der Waals surface area contributed by atoms with E-state index in [9.17, 15) is 13.2 Å². The topological polar surface area (TPSA) is 115 Å². The lowest BCUT2D eigenvalue weighted by Crippen LogP contribution is -2.38. The zero-order valence-corrected chi connectivity index (χ0v) is 27.8. The van der Waals surface area contributed by atoms with Gasteiger partial charge in [-0.1, -0.05) is 42.5 Å². The van der Waals surface area contributed by atoms with Crippen LogP contribution in [-0.2, 0) is 21.3 Å². The number of ether oxygens (including phenoxy) is 4. The summed E-state index contributed by atoms with van der Waals surface area (Å²) in [6.07, 6.45) is -0.511. The minimum Gasteiger partial charge on any atom is -0.497 e. The minimum atomic E-state index is -4.08. The van der Waals surface area contributed by atoms with Crippen molar-refractivity contribution in [3.63, 3.8) is 0 Å². The number of carbonyl (C=O) groups is 1. The molecule has 0 atom stereocenters. The Bertz CT molecular complexity index is 1740. The molecule has 46 heavy (non-hydrogen) atoms. The molecule has 0 saturated heterocycles. The molecule has 4 rings (SSSR count). The summed E-state index contributed by atoms with van der Waals surface area (Å²) in [7, 11) is 0.529. The molecule has 2 N–H and O–H groups in total. The summed E-state index contributed by atoms with van der Waals surface area (Å²) in [6, 6.07) is 27.2. The molecule has 1 amide bonds. The Hall–Kier alpha value is -4.90. The Morgan fingerprint density at radius 3 is 2.20 bits per heavy atom. The number of alkyl carbamates (subject to hydrolysis) is 1. The molecule has 0 aliphatic carbocycles. The predicted octanol–water partition coefficient (Wildman–Crippen LogP) is 6.71. The van der Waals surface area contributed by atoms with E-state index in [1.54, 1.807) is 71.4 Å². The standard InChI is InChI=1S/C35H41N3O7S/c1-35(2,3)45-34(39)36-20-21-38(24-25-14-17-29(42-4)18-15-25)28-11-9-10-27(23-28)37-46(40,41)33-22-26(16-19-32(33)44-6)30-12-7-8-13-31(30)43-5/h7-19,22-23,37H,20-21,24H2,1-6H3,(H,36,39). The van der Waals surface area contributed by atoms with Crippen LogP contribution in [0.1, 0.15) is 26.3 Å². The SMILES string of the molecule is COc1ccc(CN(CCNC(=O)OC(C)(C)C)c2cccc(NS(=O)(=O)c3cc(-c4ccccc4OC)ccc3OC)c2)cc1. The van der Waals surface area contributed by atoms with Gasteiger partial charge in [0.1, 0.15) is 27.7 Å². The van der Waals surface area contributed by atoms with Gasteiger partial charge in [0, 0.05) is 30.9 Å². The number of sulfonamides is 1. The summed E-state index contributed by atoms with van der Waals surface area (Å²) in [5.41, 5.74) is 2.91. The predicted molar refractivity (Wildman–Crippen MR) is 181 cm³/mol. The van der Waals surface area contributed by atoms with E-state index in [1.165, 1.54) is 7.11 Å². The number of methoxy groups -OCH3 is 3. The molecule has 0 saturated carbocycles. The zero-order valence-electron chi connectivity index (χ0n) is 27.0. The van der Waals surface area contributed by atoms with Crippen molar-refractivity contribution in [2.24, 2.45) is 0 Å². The van der Waals surface area contributed by atoms with E-state index in [4.69, 9.17) is 18.9 Å². The Balaban J connectivity index is 1.61. The number of hydrogen-bond acceptors (Lipinski definition) is 8. The van der Waals surface area contributed by atoms with Gasteiger partial charge in [0.05, 0.1) is 27.0 Å². The molecule has 0 spiro atoms. The Morgan fingerprint density at radius 2 is 1.52 bits per heavy atom. The molecule has 11 heteroatoms. The molecule has 10 nitrogen and oxygen atoms in total. The van der Waals surface area contributed by atoms with E-state index >= 15 is 0 Å². The van der Waals surface area contributed by atoms with Crippen LogP contribution in [-0.4, -0.2) is 54.5 Å². The maximum atomic E-state index is 13.8. The number of para-hydroxylation sites is 1. The Labute approximate surface area is 271 Å². The second-order valence-electron chi connectivity index (χ2n) is 11.4. The Kier molecular flexibility index (Phi) is 11.0. The van der Waals surface area contributed by atoms with Crippen LogP contribution < -0.4 is 29.1 Å². The molecule has 0 aromatic heterocycles. The van der Waals surface area contributed by atoms with Gasteiger partial charge >= 0.3 is 6.09 Å². The van der Waals surface area contributed by atoms with Crippen LogP contribution in [0.3, 0.4) is 0 Å². The van der Waals surface area contributed by atoms with Crippen molar-refractivity contribution in [2.45, 2.75) is 37.8 Å². The molecular formula is C35H41N3O7S. The highest BCUT2D eigenvalue weighted by molar-refractivity contribution is 7.92. The number of nitrogens with zero attached hydrogens (tertiary/aromatic N) is 1. The van der Waals surface area contributed by atoms with Crippen molar-refractivity contribution >= 4 is 27.5 Å². The van der Waals surface area contributed by atoms with Gasteiger partial charge in [-0.25, -0.2) is 13.2 Å². The van der Waals surface area contributed by atoms with E-state index < -0.39 is 21.7 Å². The van der Waals surface area contributed by atoms with Gasteiger partial charge in [0.25, 0.3) is 10.0 Å². The summed E-state index contributed by atoms with van der Waals surface area (Å²) >= 11 is 0. The van der Waals surface area contributed by atoms with Crippen LogP contribution in [0.4, 0.5) is 16.2 Å². The van der Waals surface area contributed by atoms with Crippen LogP contribution in [0.2, 0.25) is 0 Å². The maximum Gasteiger partial charge on any atom is 0.407 e. The van der Waals surface area contributed by atoms with Gasteiger partial charge in [0.2, 0.25) is 0 Å². The normalized spacial score (nSPS) is 11.3.